The van der Waals surface area contributed by atoms with Gasteiger partial charge in [0.1, 0.15) is 5.82 Å². The number of aryl methyl sites for hydroxylation is 3. The summed E-state index contributed by atoms with van der Waals surface area (Å²) in [5, 5.41) is 12.3. The smallest absolute Gasteiger partial charge is 0.237 e. The fourth-order valence-corrected chi connectivity index (χ4v) is 4.79. The van der Waals surface area contributed by atoms with Gasteiger partial charge in [0.05, 0.1) is 11.0 Å². The third-order valence-corrected chi connectivity index (χ3v) is 7.27. The number of thioether (sulfide) groups is 2. The van der Waals surface area contributed by atoms with E-state index >= 15 is 0 Å². The zero-order valence-electron chi connectivity index (χ0n) is 18.1. The van der Waals surface area contributed by atoms with Crippen LogP contribution >= 0.6 is 23.5 Å². The summed E-state index contributed by atoms with van der Waals surface area (Å²) in [7, 11) is 1.96. The van der Waals surface area contributed by atoms with Crippen molar-refractivity contribution in [3.05, 3.63) is 65.0 Å². The van der Waals surface area contributed by atoms with E-state index in [1.807, 2.05) is 44.5 Å². The van der Waals surface area contributed by atoms with Crippen LogP contribution in [0.25, 0.3) is 0 Å². The van der Waals surface area contributed by atoms with E-state index in [1.54, 1.807) is 11.8 Å². The maximum Gasteiger partial charge on any atom is 0.237 e. The van der Waals surface area contributed by atoms with Crippen LogP contribution in [0.5, 0.6) is 0 Å². The number of hydrogen-bond donors (Lipinski definition) is 1. The van der Waals surface area contributed by atoms with Crippen molar-refractivity contribution in [3.63, 3.8) is 0 Å². The van der Waals surface area contributed by atoms with Gasteiger partial charge in [-0.2, -0.15) is 0 Å². The van der Waals surface area contributed by atoms with E-state index in [2.05, 4.69) is 52.8 Å². The number of carbonyl (C=O) groups excluding carboxylic acids is 1. The molecule has 0 spiro atoms. The van der Waals surface area contributed by atoms with Crippen molar-refractivity contribution in [3.8, 4) is 0 Å². The number of hydrogen-bond acceptors (Lipinski definition) is 5. The summed E-state index contributed by atoms with van der Waals surface area (Å²) in [6.07, 6.45) is 0.710. The molecule has 158 valence electrons. The van der Waals surface area contributed by atoms with Crippen molar-refractivity contribution in [1.29, 1.82) is 0 Å². The summed E-state index contributed by atoms with van der Waals surface area (Å²) in [6, 6.07) is 14.5. The largest absolute Gasteiger partial charge is 0.325 e. The van der Waals surface area contributed by atoms with E-state index in [-0.39, 0.29) is 11.2 Å². The van der Waals surface area contributed by atoms with Crippen molar-refractivity contribution in [1.82, 2.24) is 14.8 Å². The lowest BCUT2D eigenvalue weighted by atomic mass is 10.1. The van der Waals surface area contributed by atoms with Gasteiger partial charge in [0, 0.05) is 17.6 Å². The highest BCUT2D eigenvalue weighted by molar-refractivity contribution is 8.00. The molecule has 1 amide bonds. The molecule has 30 heavy (non-hydrogen) atoms. The lowest BCUT2D eigenvalue weighted by Gasteiger charge is -2.15. The molecule has 1 atom stereocenters. The van der Waals surface area contributed by atoms with Crippen LogP contribution in [0, 0.1) is 20.8 Å². The van der Waals surface area contributed by atoms with E-state index in [9.17, 15) is 4.79 Å². The fourth-order valence-electron chi connectivity index (χ4n) is 2.97. The topological polar surface area (TPSA) is 59.8 Å². The summed E-state index contributed by atoms with van der Waals surface area (Å²) >= 11 is 3.20. The first-order chi connectivity index (χ1) is 14.4. The molecule has 0 saturated carbocycles. The van der Waals surface area contributed by atoms with Gasteiger partial charge in [-0.3, -0.25) is 4.79 Å². The first-order valence-electron chi connectivity index (χ1n) is 10.00. The number of anilines is 1. The minimum absolute atomic E-state index is 0.00645. The van der Waals surface area contributed by atoms with Gasteiger partial charge in [0.15, 0.2) is 5.16 Å². The van der Waals surface area contributed by atoms with E-state index < -0.39 is 0 Å². The van der Waals surface area contributed by atoms with Crippen LogP contribution in [0.15, 0.2) is 52.5 Å². The zero-order valence-corrected chi connectivity index (χ0v) is 19.7. The van der Waals surface area contributed by atoms with Crippen LogP contribution in [0.4, 0.5) is 5.69 Å². The molecule has 0 saturated heterocycles. The molecule has 1 heterocycles. The molecule has 1 aromatic heterocycles. The molecule has 0 aliphatic rings. The van der Waals surface area contributed by atoms with Crippen LogP contribution in [0.2, 0.25) is 0 Å². The van der Waals surface area contributed by atoms with E-state index in [1.165, 1.54) is 27.8 Å². The predicted octanol–water partition coefficient (Wildman–Crippen LogP) is 5.54. The average molecular weight is 441 g/mol. The Morgan fingerprint density at radius 2 is 1.77 bits per heavy atom. The van der Waals surface area contributed by atoms with Crippen molar-refractivity contribution < 1.29 is 4.79 Å². The van der Waals surface area contributed by atoms with Crippen LogP contribution in [-0.4, -0.2) is 25.9 Å². The van der Waals surface area contributed by atoms with Gasteiger partial charge in [-0.05, 0) is 51.0 Å². The highest BCUT2D eigenvalue weighted by Crippen LogP contribution is 2.28. The molecule has 2 aromatic carbocycles. The summed E-state index contributed by atoms with van der Waals surface area (Å²) in [5.41, 5.74) is 4.36. The number of rotatable bonds is 8. The SMILES string of the molecule is CCC(Sc1nnc(CSc2ccc(C)cc2)n1C)C(=O)Nc1ccc(C)cc1C. The molecule has 5 nitrogen and oxygen atoms in total. The predicted molar refractivity (Wildman–Crippen MR) is 126 cm³/mol. The quantitative estimate of drug-likeness (QED) is 0.466. The Labute approximate surface area is 187 Å². The highest BCUT2D eigenvalue weighted by atomic mass is 32.2. The third kappa shape index (κ3) is 5.67. The van der Waals surface area contributed by atoms with Gasteiger partial charge >= 0.3 is 0 Å². The Morgan fingerprint density at radius 3 is 2.43 bits per heavy atom. The van der Waals surface area contributed by atoms with Crippen molar-refractivity contribution in [2.24, 2.45) is 7.05 Å². The minimum Gasteiger partial charge on any atom is -0.325 e. The molecule has 0 aliphatic carbocycles. The lowest BCUT2D eigenvalue weighted by molar-refractivity contribution is -0.115. The van der Waals surface area contributed by atoms with Gasteiger partial charge in [-0.15, -0.1) is 22.0 Å². The number of carbonyl (C=O) groups is 1. The second-order valence-corrected chi connectivity index (χ2v) is 9.60. The maximum atomic E-state index is 12.8. The Kier molecular flexibility index (Phi) is 7.61. The normalized spacial score (nSPS) is 12.0. The lowest BCUT2D eigenvalue weighted by Crippen LogP contribution is -2.25. The summed E-state index contributed by atoms with van der Waals surface area (Å²) < 4.78 is 1.99. The molecule has 1 N–H and O–H groups in total. The van der Waals surface area contributed by atoms with Gasteiger partial charge in [0.2, 0.25) is 5.91 Å². The van der Waals surface area contributed by atoms with Crippen molar-refractivity contribution in [2.75, 3.05) is 5.32 Å². The first-order valence-corrected chi connectivity index (χ1v) is 11.9. The van der Waals surface area contributed by atoms with E-state index in [4.69, 9.17) is 0 Å². The molecular weight excluding hydrogens is 412 g/mol. The zero-order chi connectivity index (χ0) is 21.7. The molecule has 0 bridgehead atoms. The fraction of sp³-hybridized carbons (Fsp3) is 0.348. The molecule has 1 unspecified atom stereocenters. The Balaban J connectivity index is 1.63. The van der Waals surface area contributed by atoms with E-state index in [0.29, 0.717) is 6.42 Å². The van der Waals surface area contributed by atoms with E-state index in [0.717, 1.165) is 28.0 Å². The number of aromatic nitrogens is 3. The first kappa shape index (κ1) is 22.4. The summed E-state index contributed by atoms with van der Waals surface area (Å²) in [6.45, 7) is 8.16. The van der Waals surface area contributed by atoms with Crippen molar-refractivity contribution in [2.45, 2.75) is 55.2 Å². The number of nitrogens with one attached hydrogen (secondary N) is 1. The molecule has 3 rings (SSSR count). The Morgan fingerprint density at radius 1 is 1.07 bits per heavy atom. The highest BCUT2D eigenvalue weighted by Gasteiger charge is 2.22. The molecular formula is C23H28N4OS2. The monoisotopic (exact) mass is 440 g/mol. The second kappa shape index (κ2) is 10.2. The van der Waals surface area contributed by atoms with Gasteiger partial charge in [-0.1, -0.05) is 54.1 Å². The number of benzene rings is 2. The van der Waals surface area contributed by atoms with Crippen LogP contribution in [0.3, 0.4) is 0 Å². The molecule has 0 fully saturated rings. The minimum atomic E-state index is -0.230. The van der Waals surface area contributed by atoms with Gasteiger partial charge < -0.3 is 9.88 Å². The van der Waals surface area contributed by atoms with Crippen LogP contribution in [0.1, 0.15) is 35.9 Å². The standard InChI is InChI=1S/C23H28N4OS2/c1-6-20(22(28)24-19-12-9-16(3)13-17(19)4)30-23-26-25-21(27(23)5)14-29-18-10-7-15(2)8-11-18/h7-13,20H,6,14H2,1-5H3,(H,24,28). The Bertz CT molecular complexity index is 1010. The van der Waals surface area contributed by atoms with Crippen LogP contribution in [-0.2, 0) is 17.6 Å². The number of amides is 1. The van der Waals surface area contributed by atoms with Gasteiger partial charge in [-0.25, -0.2) is 0 Å². The second-order valence-electron chi connectivity index (χ2n) is 7.38. The molecule has 3 aromatic rings. The summed E-state index contributed by atoms with van der Waals surface area (Å²) in [5.74, 6) is 1.62. The molecule has 7 heteroatoms. The molecule has 0 radical (unpaired) electrons. The maximum absolute atomic E-state index is 12.8. The third-order valence-electron chi connectivity index (χ3n) is 4.86. The molecule has 0 aliphatic heterocycles. The number of nitrogens with zero attached hydrogens (tertiary/aromatic N) is 3. The van der Waals surface area contributed by atoms with Gasteiger partial charge in [0.25, 0.3) is 0 Å². The average Bonchev–Trinajstić information content (AvgIpc) is 3.07. The van der Waals surface area contributed by atoms with Crippen molar-refractivity contribution >= 4 is 35.1 Å². The van der Waals surface area contributed by atoms with Crippen LogP contribution < -0.4 is 5.32 Å². The Hall–Kier alpha value is -2.25. The summed E-state index contributed by atoms with van der Waals surface area (Å²) in [4.78, 5) is 14.1.